The third-order valence-corrected chi connectivity index (χ3v) is 3.75. The van der Waals surface area contributed by atoms with Crippen LogP contribution in [0.3, 0.4) is 0 Å². The first kappa shape index (κ1) is 13.4. The molecule has 0 aromatic carbocycles. The number of rotatable bonds is 6. The Morgan fingerprint density at radius 1 is 1.50 bits per heavy atom. The second kappa shape index (κ2) is 6.23. The number of anilines is 1. The number of aromatic nitrogens is 2. The zero-order valence-electron chi connectivity index (χ0n) is 11.9. The molecule has 0 radical (unpaired) electrons. The molecular weight excluding hydrogens is 224 g/mol. The molecule has 1 fully saturated rings. The molecule has 1 N–H and O–H groups in total. The Balaban J connectivity index is 1.88. The largest absolute Gasteiger partial charge is 0.356 e. The molecule has 1 aliphatic heterocycles. The Morgan fingerprint density at radius 3 is 3.00 bits per heavy atom. The molecular formula is C14H26N4. The molecule has 0 amide bonds. The first-order valence-corrected chi connectivity index (χ1v) is 7.19. The van der Waals surface area contributed by atoms with E-state index < -0.39 is 0 Å². The Morgan fingerprint density at radius 2 is 2.33 bits per heavy atom. The Kier molecular flexibility index (Phi) is 4.64. The number of likely N-dealkylation sites (tertiary alicyclic amines) is 1. The molecule has 102 valence electrons. The second-order valence-electron chi connectivity index (χ2n) is 5.57. The van der Waals surface area contributed by atoms with Crippen LogP contribution in [0.15, 0.2) is 12.4 Å². The Bertz CT molecular complexity index is 358. The van der Waals surface area contributed by atoms with Crippen LogP contribution < -0.4 is 5.32 Å². The van der Waals surface area contributed by atoms with Crippen molar-refractivity contribution >= 4 is 5.95 Å². The normalized spacial score (nSPS) is 20.8. The van der Waals surface area contributed by atoms with Gasteiger partial charge in [0, 0.05) is 38.1 Å². The lowest BCUT2D eigenvalue weighted by Gasteiger charge is -2.20. The third kappa shape index (κ3) is 3.25. The predicted octanol–water partition coefficient (Wildman–Crippen LogP) is 2.44. The summed E-state index contributed by atoms with van der Waals surface area (Å²) < 4.78 is 2.27. The molecule has 1 aromatic rings. The number of hydrogen-bond acceptors (Lipinski definition) is 3. The monoisotopic (exact) mass is 250 g/mol. The summed E-state index contributed by atoms with van der Waals surface area (Å²) in [7, 11) is 0. The maximum absolute atomic E-state index is 4.39. The van der Waals surface area contributed by atoms with Gasteiger partial charge in [-0.05, 0) is 39.2 Å². The van der Waals surface area contributed by atoms with Gasteiger partial charge in [-0.2, -0.15) is 0 Å². The van der Waals surface area contributed by atoms with Crippen molar-refractivity contribution in [2.24, 2.45) is 5.92 Å². The maximum atomic E-state index is 4.39. The number of hydrogen-bond donors (Lipinski definition) is 1. The zero-order valence-corrected chi connectivity index (χ0v) is 11.9. The summed E-state index contributed by atoms with van der Waals surface area (Å²) in [5.41, 5.74) is 0. The molecule has 1 saturated heterocycles. The van der Waals surface area contributed by atoms with Gasteiger partial charge in [-0.25, -0.2) is 4.98 Å². The molecule has 0 bridgehead atoms. The van der Waals surface area contributed by atoms with Crippen LogP contribution in [-0.4, -0.2) is 40.1 Å². The van der Waals surface area contributed by atoms with E-state index in [9.17, 15) is 0 Å². The van der Waals surface area contributed by atoms with Gasteiger partial charge in [-0.1, -0.05) is 6.92 Å². The molecule has 4 nitrogen and oxygen atoms in total. The molecule has 2 rings (SSSR count). The maximum Gasteiger partial charge on any atom is 0.202 e. The summed E-state index contributed by atoms with van der Waals surface area (Å²) in [4.78, 5) is 6.96. The van der Waals surface area contributed by atoms with Crippen molar-refractivity contribution in [1.82, 2.24) is 14.5 Å². The standard InChI is InChI=1S/C14H26N4/c1-4-6-15-14-16-7-9-18(14)11-13-5-8-17(10-13)12(2)3/h7,9,12-13H,4-6,8,10-11H2,1-3H3,(H,15,16). The molecule has 18 heavy (non-hydrogen) atoms. The fourth-order valence-corrected chi connectivity index (χ4v) is 2.62. The second-order valence-corrected chi connectivity index (χ2v) is 5.57. The van der Waals surface area contributed by atoms with E-state index in [1.54, 1.807) is 0 Å². The SMILES string of the molecule is CCCNc1nccn1CC1CCN(C(C)C)C1. The lowest BCUT2D eigenvalue weighted by Crippen LogP contribution is -2.28. The molecule has 2 heterocycles. The van der Waals surface area contributed by atoms with Crippen LogP contribution in [0.4, 0.5) is 5.95 Å². The average Bonchev–Trinajstić information content (AvgIpc) is 2.96. The van der Waals surface area contributed by atoms with Crippen LogP contribution in [-0.2, 0) is 6.54 Å². The van der Waals surface area contributed by atoms with Crippen LogP contribution in [0.2, 0.25) is 0 Å². The van der Waals surface area contributed by atoms with Crippen LogP contribution >= 0.6 is 0 Å². The summed E-state index contributed by atoms with van der Waals surface area (Å²) in [6.07, 6.45) is 6.43. The minimum atomic E-state index is 0.676. The van der Waals surface area contributed by atoms with Crippen LogP contribution in [0.1, 0.15) is 33.6 Å². The number of nitrogens with one attached hydrogen (secondary N) is 1. The average molecular weight is 250 g/mol. The summed E-state index contributed by atoms with van der Waals surface area (Å²) in [6, 6.07) is 0.676. The van der Waals surface area contributed by atoms with E-state index in [1.165, 1.54) is 19.5 Å². The van der Waals surface area contributed by atoms with Crippen molar-refractivity contribution in [2.45, 2.75) is 46.2 Å². The van der Waals surface area contributed by atoms with Gasteiger partial charge in [-0.3, -0.25) is 0 Å². The molecule has 1 aliphatic rings. The molecule has 1 atom stereocenters. The van der Waals surface area contributed by atoms with Gasteiger partial charge in [0.1, 0.15) is 0 Å². The lowest BCUT2D eigenvalue weighted by molar-refractivity contribution is 0.261. The molecule has 0 aliphatic carbocycles. The van der Waals surface area contributed by atoms with Crippen molar-refractivity contribution in [1.29, 1.82) is 0 Å². The topological polar surface area (TPSA) is 33.1 Å². The van der Waals surface area contributed by atoms with E-state index in [0.717, 1.165) is 31.4 Å². The van der Waals surface area contributed by atoms with E-state index in [2.05, 4.69) is 46.7 Å². The highest BCUT2D eigenvalue weighted by Gasteiger charge is 2.24. The molecule has 1 unspecified atom stereocenters. The van der Waals surface area contributed by atoms with Crippen molar-refractivity contribution in [3.63, 3.8) is 0 Å². The highest BCUT2D eigenvalue weighted by molar-refractivity contribution is 5.25. The summed E-state index contributed by atoms with van der Waals surface area (Å²) in [5.74, 6) is 1.80. The summed E-state index contributed by atoms with van der Waals surface area (Å²) in [5, 5.41) is 3.39. The van der Waals surface area contributed by atoms with Gasteiger partial charge < -0.3 is 14.8 Å². The Hall–Kier alpha value is -1.03. The van der Waals surface area contributed by atoms with Crippen LogP contribution in [0, 0.1) is 5.92 Å². The van der Waals surface area contributed by atoms with Gasteiger partial charge in [-0.15, -0.1) is 0 Å². The summed E-state index contributed by atoms with van der Waals surface area (Å²) in [6.45, 7) is 11.3. The lowest BCUT2D eigenvalue weighted by atomic mass is 10.1. The van der Waals surface area contributed by atoms with E-state index >= 15 is 0 Å². The highest BCUT2D eigenvalue weighted by atomic mass is 15.2. The quantitative estimate of drug-likeness (QED) is 0.842. The molecule has 0 saturated carbocycles. The molecule has 4 heteroatoms. The number of imidazole rings is 1. The fraction of sp³-hybridized carbons (Fsp3) is 0.786. The van der Waals surface area contributed by atoms with Gasteiger partial charge in [0.2, 0.25) is 5.95 Å². The van der Waals surface area contributed by atoms with Crippen LogP contribution in [0.25, 0.3) is 0 Å². The van der Waals surface area contributed by atoms with Crippen molar-refractivity contribution < 1.29 is 0 Å². The van der Waals surface area contributed by atoms with Crippen molar-refractivity contribution in [3.8, 4) is 0 Å². The van der Waals surface area contributed by atoms with Crippen molar-refractivity contribution in [2.75, 3.05) is 25.0 Å². The van der Waals surface area contributed by atoms with Gasteiger partial charge in [0.25, 0.3) is 0 Å². The van der Waals surface area contributed by atoms with Gasteiger partial charge in [0.15, 0.2) is 0 Å². The minimum absolute atomic E-state index is 0.676. The predicted molar refractivity (Wildman–Crippen MR) is 75.8 cm³/mol. The molecule has 0 spiro atoms. The Labute approximate surface area is 110 Å². The van der Waals surface area contributed by atoms with E-state index in [0.29, 0.717) is 6.04 Å². The van der Waals surface area contributed by atoms with E-state index in [4.69, 9.17) is 0 Å². The minimum Gasteiger partial charge on any atom is -0.356 e. The highest BCUT2D eigenvalue weighted by Crippen LogP contribution is 2.21. The van der Waals surface area contributed by atoms with E-state index in [1.807, 2.05) is 6.20 Å². The first-order valence-electron chi connectivity index (χ1n) is 7.19. The van der Waals surface area contributed by atoms with Gasteiger partial charge >= 0.3 is 0 Å². The first-order chi connectivity index (χ1) is 8.70. The third-order valence-electron chi connectivity index (χ3n) is 3.75. The zero-order chi connectivity index (χ0) is 13.0. The van der Waals surface area contributed by atoms with E-state index in [-0.39, 0.29) is 0 Å². The smallest absolute Gasteiger partial charge is 0.202 e. The van der Waals surface area contributed by atoms with Crippen LogP contribution in [0.5, 0.6) is 0 Å². The summed E-state index contributed by atoms with van der Waals surface area (Å²) >= 11 is 0. The van der Waals surface area contributed by atoms with Gasteiger partial charge in [0.05, 0.1) is 0 Å². The molecule has 1 aromatic heterocycles. The fourth-order valence-electron chi connectivity index (χ4n) is 2.62. The number of nitrogens with zero attached hydrogens (tertiary/aromatic N) is 3. The van der Waals surface area contributed by atoms with Crippen molar-refractivity contribution in [3.05, 3.63) is 12.4 Å².